The van der Waals surface area contributed by atoms with Gasteiger partial charge in [-0.2, -0.15) is 0 Å². The van der Waals surface area contributed by atoms with Crippen molar-refractivity contribution >= 4 is 42.9 Å². The first-order chi connectivity index (χ1) is 16.8. The number of rotatable bonds is 7. The molecule has 0 fully saturated rings. The maximum Gasteiger partial charge on any atom is -0.147 e. The summed E-state index contributed by atoms with van der Waals surface area (Å²) in [4.78, 5) is 0. The van der Waals surface area contributed by atoms with Crippen LogP contribution in [0.4, 0.5) is 0 Å². The maximum absolute atomic E-state index is 2.69. The van der Waals surface area contributed by atoms with E-state index in [-0.39, 0.29) is 24.8 Å². The van der Waals surface area contributed by atoms with Gasteiger partial charge in [-0.05, 0) is 0 Å². The molecule has 2 unspecified atom stereocenters. The van der Waals surface area contributed by atoms with Gasteiger partial charge in [0.1, 0.15) is 0 Å². The molecule has 2 aliphatic rings. The third kappa shape index (κ3) is 6.10. The van der Waals surface area contributed by atoms with Crippen LogP contribution in [0, 0.1) is 0 Å². The van der Waals surface area contributed by atoms with Gasteiger partial charge in [0.15, 0.2) is 0 Å². The van der Waals surface area contributed by atoms with Gasteiger partial charge in [0.05, 0.1) is 0 Å². The third-order valence-corrected chi connectivity index (χ3v) is 30.9. The van der Waals surface area contributed by atoms with E-state index >= 15 is 0 Å². The van der Waals surface area contributed by atoms with Crippen molar-refractivity contribution in [3.63, 3.8) is 0 Å². The Kier molecular flexibility index (Phi) is 11.6. The third-order valence-electron chi connectivity index (χ3n) is 8.72. The van der Waals surface area contributed by atoms with Crippen LogP contribution < -0.4 is 0 Å². The molecule has 2 aliphatic carbocycles. The fourth-order valence-corrected chi connectivity index (χ4v) is 29.9. The van der Waals surface area contributed by atoms with Crippen LogP contribution >= 0.6 is 24.8 Å². The van der Waals surface area contributed by atoms with Crippen molar-refractivity contribution < 1.29 is 20.9 Å². The van der Waals surface area contributed by atoms with Crippen LogP contribution in [-0.4, -0.2) is 5.92 Å². The molecule has 4 rings (SSSR count). The Morgan fingerprint density at radius 3 is 1.18 bits per heavy atom. The monoisotopic (exact) mass is 647 g/mol. The largest absolute Gasteiger partial charge is 0.147 e. The van der Waals surface area contributed by atoms with Crippen LogP contribution in [0.15, 0.2) is 35.4 Å². The first kappa shape index (κ1) is 33.8. The van der Waals surface area contributed by atoms with Crippen LogP contribution in [-0.2, 0) is 20.9 Å². The van der Waals surface area contributed by atoms with Gasteiger partial charge in [-0.1, -0.05) is 0 Å². The van der Waals surface area contributed by atoms with Gasteiger partial charge in [0.2, 0.25) is 0 Å². The molecule has 0 spiro atoms. The molecule has 0 saturated carbocycles. The van der Waals surface area contributed by atoms with Crippen molar-refractivity contribution in [2.24, 2.45) is 0 Å². The number of hydrogen-bond donors (Lipinski definition) is 0. The van der Waals surface area contributed by atoms with E-state index in [1.165, 1.54) is 0 Å². The van der Waals surface area contributed by atoms with Crippen molar-refractivity contribution in [2.75, 3.05) is 0 Å². The summed E-state index contributed by atoms with van der Waals surface area (Å²) < 4.78 is 1.46. The van der Waals surface area contributed by atoms with E-state index in [1.807, 2.05) is 0 Å². The molecule has 0 N–H and O–H groups in total. The number of fused-ring (bicyclic) bond motifs is 2. The van der Waals surface area contributed by atoms with Crippen LogP contribution in [0.2, 0.25) is 13.1 Å². The zero-order valence-corrected chi connectivity index (χ0v) is 31.1. The summed E-state index contributed by atoms with van der Waals surface area (Å²) in [5.41, 5.74) is 16.2. The van der Waals surface area contributed by atoms with Crippen molar-refractivity contribution in [1.29, 1.82) is 0 Å². The quantitative estimate of drug-likeness (QED) is 0.262. The Balaban J connectivity index is 0.00000253. The molecule has 38 heavy (non-hydrogen) atoms. The van der Waals surface area contributed by atoms with Crippen molar-refractivity contribution in [3.8, 4) is 0 Å². The first-order valence-electron chi connectivity index (χ1n) is 14.4. The molecule has 0 aromatic heterocycles. The van der Waals surface area contributed by atoms with E-state index in [4.69, 9.17) is 0 Å². The minimum Gasteiger partial charge on any atom is -0.147 e. The predicted molar refractivity (Wildman–Crippen MR) is 175 cm³/mol. The summed E-state index contributed by atoms with van der Waals surface area (Å²) in [6, 6.07) is 10.3. The molecule has 0 aliphatic heterocycles. The standard InChI is InChI=1S/2C16H21.C2H7Si.2ClH.Zr/c2*1-10(2)13-8-14-6-12(5)7-16(14)15(9-13)11(3)4;1-3-2;;;/h2*6-11H,1-5H3;3H,1-2H3;2*1H;. The molecule has 0 saturated heterocycles. The van der Waals surface area contributed by atoms with Gasteiger partial charge < -0.3 is 0 Å². The summed E-state index contributed by atoms with van der Waals surface area (Å²) >= 11 is -1.99. The molecule has 2 aromatic carbocycles. The second kappa shape index (κ2) is 13.1. The second-order valence-electron chi connectivity index (χ2n) is 13.1. The van der Waals surface area contributed by atoms with E-state index in [0.717, 1.165) is 7.25 Å². The van der Waals surface area contributed by atoms with E-state index in [1.54, 1.807) is 55.7 Å². The average molecular weight is 650 g/mol. The molecular formula is C34H51Cl2SiZr. The molecule has 0 amide bonds. The summed E-state index contributed by atoms with van der Waals surface area (Å²) in [6.07, 6.45) is 5.21. The second-order valence-corrected chi connectivity index (χ2v) is 33.2. The molecule has 0 heterocycles. The summed E-state index contributed by atoms with van der Waals surface area (Å²) in [7, 11) is 0. The van der Waals surface area contributed by atoms with Crippen molar-refractivity contribution in [2.45, 2.75) is 113 Å². The number of allylic oxidation sites excluding steroid dienone is 2. The van der Waals surface area contributed by atoms with Crippen molar-refractivity contribution in [3.05, 3.63) is 79.9 Å². The van der Waals surface area contributed by atoms with Crippen LogP contribution in [0.1, 0.15) is 145 Å². The number of benzene rings is 2. The predicted octanol–water partition coefficient (Wildman–Crippen LogP) is 11.2. The number of halogens is 2. The molecule has 2 aromatic rings. The molecule has 0 radical (unpaired) electrons. The van der Waals surface area contributed by atoms with Crippen molar-refractivity contribution in [1.82, 2.24) is 0 Å². The first-order valence-corrected chi connectivity index (χ1v) is 24.4. The normalized spacial score (nSPS) is 18.0. The topological polar surface area (TPSA) is 0 Å². The van der Waals surface area contributed by atoms with Gasteiger partial charge in [0, 0.05) is 0 Å². The van der Waals surface area contributed by atoms with Crippen LogP contribution in [0.25, 0.3) is 12.2 Å². The fraction of sp³-hybridized carbons (Fsp3) is 0.529. The van der Waals surface area contributed by atoms with Gasteiger partial charge in [-0.25, -0.2) is 0 Å². The maximum atomic E-state index is 2.69. The van der Waals surface area contributed by atoms with E-state index in [2.05, 4.69) is 119 Å². The molecule has 0 bridgehead atoms. The Labute approximate surface area is 255 Å². The Morgan fingerprint density at radius 1 is 0.579 bits per heavy atom. The molecule has 0 nitrogen and oxygen atoms in total. The molecule has 4 heteroatoms. The minimum absolute atomic E-state index is 0. The van der Waals surface area contributed by atoms with Gasteiger partial charge >= 0.3 is 232 Å². The zero-order chi connectivity index (χ0) is 26.6. The summed E-state index contributed by atoms with van der Waals surface area (Å²) in [5.74, 6) is 1.46. The fourth-order valence-electron chi connectivity index (χ4n) is 6.71. The molecule has 2 atom stereocenters. The Bertz CT molecular complexity index is 1130. The van der Waals surface area contributed by atoms with Gasteiger partial charge in [-0.15, -0.1) is 24.8 Å². The summed E-state index contributed by atoms with van der Waals surface area (Å²) in [5, 5.41) is 0. The minimum atomic E-state index is -1.99. The van der Waals surface area contributed by atoms with Gasteiger partial charge in [0.25, 0.3) is 0 Å². The van der Waals surface area contributed by atoms with E-state index in [0.29, 0.717) is 23.7 Å². The zero-order valence-electron chi connectivity index (χ0n) is 25.8. The average Bonchev–Trinajstić information content (AvgIpc) is 3.28. The van der Waals surface area contributed by atoms with Crippen LogP contribution in [0.3, 0.4) is 0 Å². The summed E-state index contributed by atoms with van der Waals surface area (Å²) in [6.45, 7) is 29.3. The van der Waals surface area contributed by atoms with E-state index in [9.17, 15) is 0 Å². The Hall–Kier alpha value is -0.400. The SMILES string of the molecule is CC1=Cc2c(C(C)C)cc(C(C)C)cc2[CH]1[Zr]([CH]1C(C)=Cc2c(C(C)C)cc(C(C)C)cc21)[SiH](C)C.Cl.Cl. The van der Waals surface area contributed by atoms with Gasteiger partial charge in [-0.3, -0.25) is 0 Å². The van der Waals surface area contributed by atoms with Crippen LogP contribution in [0.5, 0.6) is 0 Å². The Morgan fingerprint density at radius 2 is 0.921 bits per heavy atom. The molecule has 209 valence electrons. The van der Waals surface area contributed by atoms with E-state index < -0.39 is 26.8 Å². The number of hydrogen-bond acceptors (Lipinski definition) is 0. The molecular weight excluding hydrogens is 599 g/mol. The smallest absolute Gasteiger partial charge is 0.147 e.